The summed E-state index contributed by atoms with van der Waals surface area (Å²) in [6.07, 6.45) is 3.30. The van der Waals surface area contributed by atoms with Crippen LogP contribution in [0.15, 0.2) is 78.9 Å². The molecule has 0 radical (unpaired) electrons. The average Bonchev–Trinajstić information content (AvgIpc) is 3.24. The third-order valence-electron chi connectivity index (χ3n) is 6.62. The lowest BCUT2D eigenvalue weighted by atomic mass is 9.99. The number of nitrogens with one attached hydrogen (secondary N) is 1. The van der Waals surface area contributed by atoms with Crippen molar-refractivity contribution in [3.8, 4) is 11.1 Å². The van der Waals surface area contributed by atoms with E-state index >= 15 is 0 Å². The second-order valence-electron chi connectivity index (χ2n) is 9.43. The molecule has 0 fully saturated rings. The summed E-state index contributed by atoms with van der Waals surface area (Å²) < 4.78 is 2.07. The smallest absolute Gasteiger partial charge is 0.336 e. The maximum Gasteiger partial charge on any atom is 0.336 e. The highest BCUT2D eigenvalue weighted by atomic mass is 35.5. The molecule has 4 rings (SSSR count). The van der Waals surface area contributed by atoms with Crippen LogP contribution < -0.4 is 5.32 Å². The number of hydrogen-bond acceptors (Lipinski definition) is 4. The maximum absolute atomic E-state index is 12.8. The molecule has 1 aromatic heterocycles. The van der Waals surface area contributed by atoms with Crippen molar-refractivity contribution in [2.75, 3.05) is 0 Å². The lowest BCUT2D eigenvalue weighted by Crippen LogP contribution is -2.33. The van der Waals surface area contributed by atoms with Crippen LogP contribution in [0.4, 0.5) is 0 Å². The zero-order chi connectivity index (χ0) is 27.8. The van der Waals surface area contributed by atoms with E-state index in [-0.39, 0.29) is 18.0 Å². The number of aromatic nitrogens is 2. The van der Waals surface area contributed by atoms with Crippen molar-refractivity contribution in [2.24, 2.45) is 0 Å². The van der Waals surface area contributed by atoms with Gasteiger partial charge in [-0.3, -0.25) is 4.79 Å². The van der Waals surface area contributed by atoms with Crippen molar-refractivity contribution in [3.63, 3.8) is 0 Å². The van der Waals surface area contributed by atoms with Crippen LogP contribution in [-0.2, 0) is 30.7 Å². The first kappa shape index (κ1) is 28.5. The van der Waals surface area contributed by atoms with E-state index in [9.17, 15) is 14.7 Å². The minimum Gasteiger partial charge on any atom is -0.478 e. The molecule has 1 atom stereocenters. The number of aryl methyl sites for hydroxylation is 1. The van der Waals surface area contributed by atoms with Crippen molar-refractivity contribution in [1.29, 1.82) is 0 Å². The number of unbranched alkanes of at least 4 members (excludes halogenated alkanes) is 1. The summed E-state index contributed by atoms with van der Waals surface area (Å²) in [5.74, 6) is -0.247. The topological polar surface area (TPSA) is 84.2 Å². The van der Waals surface area contributed by atoms with Gasteiger partial charge < -0.3 is 15.0 Å². The SMILES string of the molecule is CCCCc1nc(Cl)c(CNC(=O)[C@@H](S)Cc2ccccc2)n1Cc1ccc(-c2ccccc2C(=O)O)cc1. The lowest BCUT2D eigenvalue weighted by Gasteiger charge is -2.15. The Bertz CT molecular complexity index is 1420. The van der Waals surface area contributed by atoms with Crippen LogP contribution >= 0.6 is 24.2 Å². The molecule has 0 unspecified atom stereocenters. The predicted molar refractivity (Wildman–Crippen MR) is 159 cm³/mol. The molecule has 0 spiro atoms. The van der Waals surface area contributed by atoms with E-state index in [1.54, 1.807) is 12.1 Å². The Kier molecular flexibility index (Phi) is 9.85. The summed E-state index contributed by atoms with van der Waals surface area (Å²) in [4.78, 5) is 29.1. The van der Waals surface area contributed by atoms with E-state index in [1.165, 1.54) is 0 Å². The molecule has 0 saturated heterocycles. The number of carbonyl (C=O) groups excluding carboxylic acids is 1. The van der Waals surface area contributed by atoms with Gasteiger partial charge in [0, 0.05) is 13.0 Å². The van der Waals surface area contributed by atoms with Crippen molar-refractivity contribution in [2.45, 2.75) is 50.9 Å². The Morgan fingerprint density at radius 2 is 1.69 bits per heavy atom. The first-order chi connectivity index (χ1) is 18.9. The van der Waals surface area contributed by atoms with Crippen LogP contribution in [0.2, 0.25) is 5.15 Å². The second-order valence-corrected chi connectivity index (χ2v) is 10.4. The van der Waals surface area contributed by atoms with Crippen LogP contribution in [0.3, 0.4) is 0 Å². The molecule has 0 saturated carbocycles. The van der Waals surface area contributed by atoms with Gasteiger partial charge in [-0.2, -0.15) is 12.6 Å². The lowest BCUT2D eigenvalue weighted by molar-refractivity contribution is -0.120. The van der Waals surface area contributed by atoms with Gasteiger partial charge >= 0.3 is 5.97 Å². The standard InChI is InChI=1S/C31H32ClN3O3S/c1-2-3-13-28-34-29(32)26(19-33-30(36)27(39)18-21-9-5-4-6-10-21)35(28)20-22-14-16-23(17-15-22)24-11-7-8-12-25(24)31(37)38/h4-12,14-17,27,39H,2-3,13,18-20H2,1H3,(H,33,36)(H,37,38)/t27-/m0/s1. The average molecular weight is 562 g/mol. The number of halogens is 1. The van der Waals surface area contributed by atoms with E-state index in [1.807, 2.05) is 66.7 Å². The Balaban J connectivity index is 1.52. The molecular formula is C31H32ClN3O3S. The van der Waals surface area contributed by atoms with E-state index in [4.69, 9.17) is 11.6 Å². The number of imidazole rings is 1. The normalized spacial score (nSPS) is 11.8. The van der Waals surface area contributed by atoms with Gasteiger partial charge in [0.05, 0.1) is 23.1 Å². The Morgan fingerprint density at radius 3 is 2.38 bits per heavy atom. The van der Waals surface area contributed by atoms with Gasteiger partial charge in [0.1, 0.15) is 5.82 Å². The molecule has 0 aliphatic carbocycles. The van der Waals surface area contributed by atoms with Gasteiger partial charge in [-0.15, -0.1) is 0 Å². The highest BCUT2D eigenvalue weighted by molar-refractivity contribution is 7.81. The van der Waals surface area contributed by atoms with Crippen LogP contribution in [-0.4, -0.2) is 31.8 Å². The summed E-state index contributed by atoms with van der Waals surface area (Å²) in [6, 6.07) is 24.6. The molecule has 1 heterocycles. The number of thiol groups is 1. The zero-order valence-corrected chi connectivity index (χ0v) is 23.5. The third-order valence-corrected chi connectivity index (χ3v) is 7.34. The Morgan fingerprint density at radius 1 is 1.00 bits per heavy atom. The van der Waals surface area contributed by atoms with Crippen molar-refractivity contribution in [1.82, 2.24) is 14.9 Å². The Hall–Kier alpha value is -3.55. The molecule has 1 amide bonds. The van der Waals surface area contributed by atoms with Gasteiger partial charge in [-0.05, 0) is 41.2 Å². The maximum atomic E-state index is 12.8. The van der Waals surface area contributed by atoms with E-state index in [2.05, 4.69) is 34.4 Å². The monoisotopic (exact) mass is 561 g/mol. The largest absolute Gasteiger partial charge is 0.478 e. The number of amides is 1. The molecule has 0 aliphatic rings. The first-order valence-corrected chi connectivity index (χ1v) is 13.9. The van der Waals surface area contributed by atoms with Gasteiger partial charge in [0.25, 0.3) is 0 Å². The first-order valence-electron chi connectivity index (χ1n) is 13.0. The van der Waals surface area contributed by atoms with E-state index < -0.39 is 11.2 Å². The fourth-order valence-electron chi connectivity index (χ4n) is 4.50. The fourth-order valence-corrected chi connectivity index (χ4v) is 5.07. The number of carboxylic acid groups (broad SMARTS) is 1. The van der Waals surface area contributed by atoms with Crippen LogP contribution in [0.1, 0.15) is 52.8 Å². The number of benzene rings is 3. The quantitative estimate of drug-likeness (QED) is 0.174. The van der Waals surface area contributed by atoms with Crippen LogP contribution in [0.5, 0.6) is 0 Å². The van der Waals surface area contributed by atoms with Crippen molar-refractivity contribution < 1.29 is 14.7 Å². The third kappa shape index (κ3) is 7.31. The number of hydrogen-bond donors (Lipinski definition) is 3. The fraction of sp³-hybridized carbons (Fsp3) is 0.258. The highest BCUT2D eigenvalue weighted by Gasteiger charge is 2.20. The molecule has 0 bridgehead atoms. The van der Waals surface area contributed by atoms with Crippen LogP contribution in [0.25, 0.3) is 11.1 Å². The summed E-state index contributed by atoms with van der Waals surface area (Å²) >= 11 is 11.1. The zero-order valence-electron chi connectivity index (χ0n) is 21.8. The number of aromatic carboxylic acids is 1. The number of carboxylic acids is 1. The molecule has 3 aromatic carbocycles. The van der Waals surface area contributed by atoms with Gasteiger partial charge in [-0.1, -0.05) is 97.7 Å². The summed E-state index contributed by atoms with van der Waals surface area (Å²) in [7, 11) is 0. The Labute approximate surface area is 239 Å². The van der Waals surface area contributed by atoms with Gasteiger partial charge in [0.2, 0.25) is 5.91 Å². The molecule has 0 aliphatic heterocycles. The van der Waals surface area contributed by atoms with Crippen molar-refractivity contribution >= 4 is 36.1 Å². The second kappa shape index (κ2) is 13.5. The number of carbonyl (C=O) groups is 2. The molecule has 6 nitrogen and oxygen atoms in total. The summed E-state index contributed by atoms with van der Waals surface area (Å²) in [6.45, 7) is 2.90. The summed E-state index contributed by atoms with van der Waals surface area (Å²) in [5, 5.41) is 12.4. The highest BCUT2D eigenvalue weighted by Crippen LogP contribution is 2.26. The van der Waals surface area contributed by atoms with Gasteiger partial charge in [-0.25, -0.2) is 9.78 Å². The minimum absolute atomic E-state index is 0.164. The predicted octanol–water partition coefficient (Wildman–Crippen LogP) is 6.45. The van der Waals surface area contributed by atoms with Crippen LogP contribution in [0, 0.1) is 0 Å². The molecular weight excluding hydrogens is 530 g/mol. The molecule has 4 aromatic rings. The van der Waals surface area contributed by atoms with Gasteiger partial charge in [0.15, 0.2) is 5.15 Å². The molecule has 2 N–H and O–H groups in total. The van der Waals surface area contributed by atoms with E-state index in [0.29, 0.717) is 23.7 Å². The van der Waals surface area contributed by atoms with Crippen molar-refractivity contribution in [3.05, 3.63) is 112 Å². The molecule has 8 heteroatoms. The minimum atomic E-state index is -0.956. The number of rotatable bonds is 12. The molecule has 39 heavy (non-hydrogen) atoms. The molecule has 202 valence electrons. The number of nitrogens with zero attached hydrogens (tertiary/aromatic N) is 2. The summed E-state index contributed by atoms with van der Waals surface area (Å²) in [5.41, 5.74) is 4.58. The van der Waals surface area contributed by atoms with E-state index in [0.717, 1.165) is 47.5 Å².